The van der Waals surface area contributed by atoms with E-state index < -0.39 is 5.54 Å². The molecule has 0 aromatic heterocycles. The summed E-state index contributed by atoms with van der Waals surface area (Å²) in [7, 11) is 0. The molecule has 0 saturated carbocycles. The molecule has 0 saturated heterocycles. The second-order valence-corrected chi connectivity index (χ2v) is 7.88. The van der Waals surface area contributed by atoms with Crippen LogP contribution < -0.4 is 15.5 Å². The highest BCUT2D eigenvalue weighted by atomic mass is 16.2. The van der Waals surface area contributed by atoms with E-state index in [0.29, 0.717) is 11.6 Å². The van der Waals surface area contributed by atoms with Gasteiger partial charge >= 0.3 is 0 Å². The van der Waals surface area contributed by atoms with E-state index in [4.69, 9.17) is 0 Å². The van der Waals surface area contributed by atoms with Gasteiger partial charge in [-0.25, -0.2) is 0 Å². The lowest BCUT2D eigenvalue weighted by Crippen LogP contribution is -2.89. The van der Waals surface area contributed by atoms with Gasteiger partial charge in [0.2, 0.25) is 5.91 Å². The van der Waals surface area contributed by atoms with E-state index >= 15 is 0 Å². The van der Waals surface area contributed by atoms with Gasteiger partial charge in [-0.1, -0.05) is 56.3 Å². The lowest BCUT2D eigenvalue weighted by Gasteiger charge is -2.41. The van der Waals surface area contributed by atoms with Crippen molar-refractivity contribution in [1.82, 2.24) is 0 Å². The molecule has 0 unspecified atom stereocenters. The van der Waals surface area contributed by atoms with E-state index in [-0.39, 0.29) is 24.4 Å². The Labute approximate surface area is 160 Å². The smallest absolute Gasteiger partial charge is 0.283 e. The predicted octanol–water partition coefficient (Wildman–Crippen LogP) is 2.71. The lowest BCUT2D eigenvalue weighted by molar-refractivity contribution is -0.692. The molecule has 0 aliphatic carbocycles. The first-order valence-electron chi connectivity index (χ1n) is 9.44. The van der Waals surface area contributed by atoms with E-state index in [1.807, 2.05) is 42.5 Å². The van der Waals surface area contributed by atoms with Gasteiger partial charge in [-0.3, -0.25) is 14.5 Å². The van der Waals surface area contributed by atoms with Gasteiger partial charge in [-0.15, -0.1) is 0 Å². The molecule has 2 aromatic carbocycles. The van der Waals surface area contributed by atoms with Crippen molar-refractivity contribution < 1.29 is 14.9 Å². The van der Waals surface area contributed by atoms with Crippen LogP contribution in [0.2, 0.25) is 0 Å². The van der Waals surface area contributed by atoms with Crippen molar-refractivity contribution in [2.75, 3.05) is 16.8 Å². The maximum absolute atomic E-state index is 13.2. The monoisotopic (exact) mass is 366 g/mol. The molecule has 142 valence electrons. The van der Waals surface area contributed by atoms with E-state index in [9.17, 15) is 9.59 Å². The number of hydrogen-bond donors (Lipinski definition) is 2. The number of carbonyl (C=O) groups is 2. The van der Waals surface area contributed by atoms with Gasteiger partial charge in [0, 0.05) is 11.5 Å². The Hall–Kier alpha value is -2.66. The number of carbonyl (C=O) groups excluding carboxylic acids is 2. The van der Waals surface area contributed by atoms with E-state index in [2.05, 4.69) is 36.6 Å². The Morgan fingerprint density at radius 1 is 1.07 bits per heavy atom. The molecule has 2 amide bonds. The van der Waals surface area contributed by atoms with Crippen molar-refractivity contribution in [3.05, 3.63) is 60.2 Å². The molecule has 5 heteroatoms. The van der Waals surface area contributed by atoms with Gasteiger partial charge in [-0.2, -0.15) is 0 Å². The SMILES string of the molecule is CC(C)[C@H]([NH2+]CC(=O)N1c2ccccc2NC(=O)C1(C)C)c1ccccc1. The van der Waals surface area contributed by atoms with Crippen molar-refractivity contribution in [2.45, 2.75) is 39.3 Å². The van der Waals surface area contributed by atoms with Crippen LogP contribution in [0.15, 0.2) is 54.6 Å². The van der Waals surface area contributed by atoms with Crippen LogP contribution in [-0.2, 0) is 9.59 Å². The molecule has 5 nitrogen and oxygen atoms in total. The number of nitrogens with zero attached hydrogens (tertiary/aromatic N) is 1. The molecule has 0 bridgehead atoms. The number of hydrogen-bond acceptors (Lipinski definition) is 2. The minimum absolute atomic E-state index is 0.0659. The molecule has 3 rings (SSSR count). The lowest BCUT2D eigenvalue weighted by atomic mass is 9.95. The molecular weight excluding hydrogens is 338 g/mol. The number of nitrogens with one attached hydrogen (secondary N) is 1. The van der Waals surface area contributed by atoms with Crippen LogP contribution >= 0.6 is 0 Å². The van der Waals surface area contributed by atoms with Crippen LogP contribution in [0.3, 0.4) is 0 Å². The quantitative estimate of drug-likeness (QED) is 0.854. The van der Waals surface area contributed by atoms with Gasteiger partial charge in [0.25, 0.3) is 5.91 Å². The van der Waals surface area contributed by atoms with Crippen molar-refractivity contribution in [3.8, 4) is 0 Å². The minimum atomic E-state index is -0.931. The highest BCUT2D eigenvalue weighted by molar-refractivity contribution is 6.14. The largest absolute Gasteiger partial charge is 0.332 e. The van der Waals surface area contributed by atoms with Gasteiger partial charge in [0.15, 0.2) is 6.54 Å². The number of para-hydroxylation sites is 2. The number of quaternary nitrogens is 1. The maximum atomic E-state index is 13.2. The average Bonchev–Trinajstić information content (AvgIpc) is 2.63. The number of nitrogens with two attached hydrogens (primary N) is 1. The van der Waals surface area contributed by atoms with Crippen molar-refractivity contribution in [2.24, 2.45) is 5.92 Å². The number of amides is 2. The molecule has 1 heterocycles. The third-order valence-corrected chi connectivity index (χ3v) is 5.21. The zero-order valence-corrected chi connectivity index (χ0v) is 16.4. The van der Waals surface area contributed by atoms with Crippen LogP contribution in [0.1, 0.15) is 39.3 Å². The Balaban J connectivity index is 1.83. The Morgan fingerprint density at radius 3 is 2.37 bits per heavy atom. The van der Waals surface area contributed by atoms with Crippen molar-refractivity contribution in [1.29, 1.82) is 0 Å². The van der Waals surface area contributed by atoms with E-state index in [1.165, 1.54) is 5.56 Å². The summed E-state index contributed by atoms with van der Waals surface area (Å²) in [5.41, 5.74) is 1.70. The number of fused-ring (bicyclic) bond motifs is 1. The van der Waals surface area contributed by atoms with Gasteiger partial charge in [0.05, 0.1) is 11.4 Å². The first-order chi connectivity index (χ1) is 12.8. The molecule has 1 aliphatic heterocycles. The van der Waals surface area contributed by atoms with E-state index in [0.717, 1.165) is 5.69 Å². The zero-order valence-electron chi connectivity index (χ0n) is 16.4. The minimum Gasteiger partial charge on any atom is -0.332 e. The summed E-state index contributed by atoms with van der Waals surface area (Å²) >= 11 is 0. The van der Waals surface area contributed by atoms with Gasteiger partial charge in [0.1, 0.15) is 11.6 Å². The van der Waals surface area contributed by atoms with Crippen molar-refractivity contribution >= 4 is 23.2 Å². The summed E-state index contributed by atoms with van der Waals surface area (Å²) in [6, 6.07) is 17.9. The molecule has 2 aromatic rings. The highest BCUT2D eigenvalue weighted by Gasteiger charge is 2.44. The molecule has 0 fully saturated rings. The number of rotatable bonds is 5. The molecular formula is C22H28N3O2+. The van der Waals surface area contributed by atoms with Crippen molar-refractivity contribution in [3.63, 3.8) is 0 Å². The standard InChI is InChI=1S/C22H27N3O2/c1-15(2)20(16-10-6-5-7-11-16)23-14-19(26)25-18-13-9-8-12-17(18)24-21(27)22(25,3)4/h5-13,15,20,23H,14H2,1-4H3,(H,24,27)/p+1/t20-/m0/s1. The second kappa shape index (κ2) is 7.53. The van der Waals surface area contributed by atoms with Crippen LogP contribution in [0.4, 0.5) is 11.4 Å². The topological polar surface area (TPSA) is 66.0 Å². The number of anilines is 2. The summed E-state index contributed by atoms with van der Waals surface area (Å²) in [5, 5.41) is 4.98. The molecule has 27 heavy (non-hydrogen) atoms. The fourth-order valence-corrected chi connectivity index (χ4v) is 3.69. The summed E-state index contributed by atoms with van der Waals surface area (Å²) in [4.78, 5) is 27.4. The summed E-state index contributed by atoms with van der Waals surface area (Å²) in [6.07, 6.45) is 0. The van der Waals surface area contributed by atoms with E-state index in [1.54, 1.807) is 18.7 Å². The summed E-state index contributed by atoms with van der Waals surface area (Å²) < 4.78 is 0. The molecule has 1 aliphatic rings. The Kier molecular flexibility index (Phi) is 5.33. The van der Waals surface area contributed by atoms with Crippen LogP contribution in [0.5, 0.6) is 0 Å². The first-order valence-corrected chi connectivity index (χ1v) is 9.44. The fourth-order valence-electron chi connectivity index (χ4n) is 3.69. The third-order valence-electron chi connectivity index (χ3n) is 5.21. The third kappa shape index (κ3) is 3.74. The van der Waals surface area contributed by atoms with Crippen LogP contribution in [-0.4, -0.2) is 23.9 Å². The van der Waals surface area contributed by atoms with Crippen LogP contribution in [0.25, 0.3) is 0 Å². The normalized spacial score (nSPS) is 16.6. The second-order valence-electron chi connectivity index (χ2n) is 7.88. The summed E-state index contributed by atoms with van der Waals surface area (Å²) in [5.74, 6) is 0.145. The molecule has 0 spiro atoms. The van der Waals surface area contributed by atoms with Gasteiger partial charge in [-0.05, 0) is 26.0 Å². The Bertz CT molecular complexity index is 830. The predicted molar refractivity (Wildman–Crippen MR) is 107 cm³/mol. The average molecular weight is 366 g/mol. The highest BCUT2D eigenvalue weighted by Crippen LogP contribution is 2.36. The maximum Gasteiger partial charge on any atom is 0.283 e. The van der Waals surface area contributed by atoms with Gasteiger partial charge < -0.3 is 10.6 Å². The molecule has 3 N–H and O–H groups in total. The number of benzene rings is 2. The molecule has 0 radical (unpaired) electrons. The van der Waals surface area contributed by atoms with Crippen LogP contribution in [0, 0.1) is 5.92 Å². The zero-order chi connectivity index (χ0) is 19.6. The first kappa shape index (κ1) is 19.1. The Morgan fingerprint density at radius 2 is 1.70 bits per heavy atom. The molecule has 1 atom stereocenters. The fraction of sp³-hybridized carbons (Fsp3) is 0.364. The summed E-state index contributed by atoms with van der Waals surface area (Å²) in [6.45, 7) is 8.17.